The van der Waals surface area contributed by atoms with Crippen LogP contribution in [0.5, 0.6) is 0 Å². The van der Waals surface area contributed by atoms with Gasteiger partial charge in [0.05, 0.1) is 0 Å². The van der Waals surface area contributed by atoms with E-state index in [1.165, 1.54) is 12.8 Å². The summed E-state index contributed by atoms with van der Waals surface area (Å²) in [5.74, 6) is 6.66. The molecule has 0 heteroatoms. The first-order valence-corrected chi connectivity index (χ1v) is 9.18. The van der Waals surface area contributed by atoms with Crippen molar-refractivity contribution in [3.8, 4) is 0 Å². The Morgan fingerprint density at radius 3 is 0.800 bits per heavy atom. The normalized spacial score (nSPS) is 24.3. The van der Waals surface area contributed by atoms with Crippen LogP contribution in [0.4, 0.5) is 0 Å². The van der Waals surface area contributed by atoms with Crippen LogP contribution in [0.15, 0.2) is 0 Å². The molecule has 8 atom stereocenters. The molecule has 0 aromatic carbocycles. The first-order valence-electron chi connectivity index (χ1n) is 9.18. The van der Waals surface area contributed by atoms with Crippen LogP contribution in [0, 0.1) is 47.3 Å². The number of hydrogen-bond acceptors (Lipinski definition) is 0. The third kappa shape index (κ3) is 5.08. The van der Waals surface area contributed by atoms with E-state index in [0.717, 1.165) is 47.3 Å². The Labute approximate surface area is 130 Å². The largest absolute Gasteiger partial charge is 0.0651 e. The standard InChI is InChI=1S/C20H42/c1-11-13(3)15(5)17(7)19(9)20(10)18(8)16(6)14(4)12-2/h13-20H,11-12H2,1-10H3. The molecule has 0 saturated carbocycles. The Balaban J connectivity index is 4.71. The summed E-state index contributed by atoms with van der Waals surface area (Å²) in [6.07, 6.45) is 2.62. The zero-order chi connectivity index (χ0) is 16.0. The lowest BCUT2D eigenvalue weighted by atomic mass is 9.67. The average molecular weight is 283 g/mol. The van der Waals surface area contributed by atoms with E-state index in [0.29, 0.717) is 0 Å². The highest BCUT2D eigenvalue weighted by atomic mass is 14.4. The second kappa shape index (κ2) is 9.11. The second-order valence-electron chi connectivity index (χ2n) is 7.93. The molecule has 0 amide bonds. The maximum absolute atomic E-state index is 2.49. The van der Waals surface area contributed by atoms with Crippen LogP contribution < -0.4 is 0 Å². The molecule has 8 unspecified atom stereocenters. The highest BCUT2D eigenvalue weighted by Gasteiger charge is 2.31. The molecule has 122 valence electrons. The SMILES string of the molecule is CCC(C)C(C)C(C)C(C)C(C)C(C)C(C)C(C)CC. The lowest BCUT2D eigenvalue weighted by Crippen LogP contribution is -2.32. The van der Waals surface area contributed by atoms with E-state index in [2.05, 4.69) is 69.2 Å². The third-order valence-corrected chi connectivity index (χ3v) is 7.23. The van der Waals surface area contributed by atoms with Crippen LogP contribution in [0.25, 0.3) is 0 Å². The van der Waals surface area contributed by atoms with Crippen LogP contribution >= 0.6 is 0 Å². The van der Waals surface area contributed by atoms with Gasteiger partial charge in [-0.15, -0.1) is 0 Å². The number of hydrogen-bond donors (Lipinski definition) is 0. The predicted octanol–water partition coefficient (Wildman–Crippen LogP) is 6.90. The maximum Gasteiger partial charge on any atom is -0.0386 e. The van der Waals surface area contributed by atoms with Crippen LogP contribution in [-0.2, 0) is 0 Å². The molecule has 0 aliphatic rings. The fraction of sp³-hybridized carbons (Fsp3) is 1.00. The summed E-state index contributed by atoms with van der Waals surface area (Å²) in [5.41, 5.74) is 0. The minimum Gasteiger partial charge on any atom is -0.0651 e. The van der Waals surface area contributed by atoms with Crippen molar-refractivity contribution in [3.05, 3.63) is 0 Å². The van der Waals surface area contributed by atoms with Gasteiger partial charge in [0.1, 0.15) is 0 Å². The van der Waals surface area contributed by atoms with Gasteiger partial charge in [0.25, 0.3) is 0 Å². The second-order valence-corrected chi connectivity index (χ2v) is 7.93. The van der Waals surface area contributed by atoms with Crippen LogP contribution in [-0.4, -0.2) is 0 Å². The Bertz CT molecular complexity index is 218. The first-order chi connectivity index (χ1) is 9.18. The molecule has 0 N–H and O–H groups in total. The van der Waals surface area contributed by atoms with Crippen molar-refractivity contribution in [3.63, 3.8) is 0 Å². The zero-order valence-corrected chi connectivity index (χ0v) is 16.0. The van der Waals surface area contributed by atoms with E-state index in [1.54, 1.807) is 0 Å². The van der Waals surface area contributed by atoms with E-state index in [1.807, 2.05) is 0 Å². The van der Waals surface area contributed by atoms with Gasteiger partial charge in [0.15, 0.2) is 0 Å². The molecule has 0 bridgehead atoms. The summed E-state index contributed by atoms with van der Waals surface area (Å²) in [5, 5.41) is 0. The highest BCUT2D eigenvalue weighted by Crippen LogP contribution is 2.38. The van der Waals surface area contributed by atoms with Gasteiger partial charge in [-0.3, -0.25) is 0 Å². The van der Waals surface area contributed by atoms with Gasteiger partial charge >= 0.3 is 0 Å². The summed E-state index contributed by atoms with van der Waals surface area (Å²) in [6.45, 7) is 24.4. The molecule has 0 heterocycles. The van der Waals surface area contributed by atoms with E-state index < -0.39 is 0 Å². The van der Waals surface area contributed by atoms with E-state index in [-0.39, 0.29) is 0 Å². The van der Waals surface area contributed by atoms with Gasteiger partial charge in [0, 0.05) is 0 Å². The minimum atomic E-state index is 0.820. The van der Waals surface area contributed by atoms with E-state index in [9.17, 15) is 0 Å². The molecule has 0 nitrogen and oxygen atoms in total. The van der Waals surface area contributed by atoms with E-state index in [4.69, 9.17) is 0 Å². The van der Waals surface area contributed by atoms with Crippen molar-refractivity contribution < 1.29 is 0 Å². The Hall–Kier alpha value is 0. The molecule has 0 aromatic rings. The summed E-state index contributed by atoms with van der Waals surface area (Å²) in [7, 11) is 0. The van der Waals surface area contributed by atoms with Gasteiger partial charge < -0.3 is 0 Å². The monoisotopic (exact) mass is 282 g/mol. The van der Waals surface area contributed by atoms with Crippen molar-refractivity contribution in [2.24, 2.45) is 47.3 Å². The highest BCUT2D eigenvalue weighted by molar-refractivity contribution is 4.80. The quantitative estimate of drug-likeness (QED) is 0.431. The summed E-state index contributed by atoms with van der Waals surface area (Å²) >= 11 is 0. The smallest absolute Gasteiger partial charge is 0.0386 e. The van der Waals surface area contributed by atoms with Crippen molar-refractivity contribution in [2.45, 2.75) is 82.1 Å². The average Bonchev–Trinajstić information content (AvgIpc) is 2.48. The van der Waals surface area contributed by atoms with Gasteiger partial charge in [0.2, 0.25) is 0 Å². The molecule has 0 rings (SSSR count). The lowest BCUT2D eigenvalue weighted by Gasteiger charge is -2.39. The molecule has 0 aliphatic carbocycles. The Morgan fingerprint density at radius 2 is 0.600 bits per heavy atom. The molecule has 20 heavy (non-hydrogen) atoms. The van der Waals surface area contributed by atoms with Crippen LogP contribution in [0.3, 0.4) is 0 Å². The van der Waals surface area contributed by atoms with Crippen molar-refractivity contribution in [1.82, 2.24) is 0 Å². The molecular formula is C20H42. The molecule has 0 radical (unpaired) electrons. The molecule has 0 spiro atoms. The van der Waals surface area contributed by atoms with Crippen molar-refractivity contribution in [2.75, 3.05) is 0 Å². The fourth-order valence-corrected chi connectivity index (χ4v) is 3.70. The summed E-state index contributed by atoms with van der Waals surface area (Å²) in [4.78, 5) is 0. The molecule has 0 saturated heterocycles. The van der Waals surface area contributed by atoms with Gasteiger partial charge in [-0.05, 0) is 47.3 Å². The van der Waals surface area contributed by atoms with Crippen LogP contribution in [0.1, 0.15) is 82.1 Å². The van der Waals surface area contributed by atoms with Gasteiger partial charge in [-0.1, -0.05) is 82.1 Å². The minimum absolute atomic E-state index is 0.820. The predicted molar refractivity (Wildman–Crippen MR) is 93.9 cm³/mol. The van der Waals surface area contributed by atoms with Crippen molar-refractivity contribution >= 4 is 0 Å². The summed E-state index contributed by atoms with van der Waals surface area (Å²) < 4.78 is 0. The topological polar surface area (TPSA) is 0 Å². The fourth-order valence-electron chi connectivity index (χ4n) is 3.70. The number of rotatable bonds is 9. The zero-order valence-electron chi connectivity index (χ0n) is 16.0. The third-order valence-electron chi connectivity index (χ3n) is 7.23. The van der Waals surface area contributed by atoms with Crippen molar-refractivity contribution in [1.29, 1.82) is 0 Å². The molecule has 0 aromatic heterocycles. The molecule has 0 aliphatic heterocycles. The molecular weight excluding hydrogens is 240 g/mol. The van der Waals surface area contributed by atoms with Crippen LogP contribution in [0.2, 0.25) is 0 Å². The Kier molecular flexibility index (Phi) is 9.11. The molecule has 0 fully saturated rings. The van der Waals surface area contributed by atoms with E-state index >= 15 is 0 Å². The van der Waals surface area contributed by atoms with Gasteiger partial charge in [-0.2, -0.15) is 0 Å². The lowest BCUT2D eigenvalue weighted by molar-refractivity contribution is 0.101. The maximum atomic E-state index is 2.49. The van der Waals surface area contributed by atoms with Gasteiger partial charge in [-0.25, -0.2) is 0 Å². The summed E-state index contributed by atoms with van der Waals surface area (Å²) in [6, 6.07) is 0. The Morgan fingerprint density at radius 1 is 0.400 bits per heavy atom. The first kappa shape index (κ1) is 20.0.